The van der Waals surface area contributed by atoms with E-state index in [4.69, 9.17) is 4.74 Å². The maximum atomic E-state index is 11.4. The van der Waals surface area contributed by atoms with E-state index in [1.807, 2.05) is 0 Å². The van der Waals surface area contributed by atoms with Crippen LogP contribution in [0, 0.1) is 5.92 Å². The Morgan fingerprint density at radius 1 is 1.40 bits per heavy atom. The van der Waals surface area contributed by atoms with Gasteiger partial charge in [-0.25, -0.2) is 8.42 Å². The van der Waals surface area contributed by atoms with E-state index >= 15 is 0 Å². The van der Waals surface area contributed by atoms with E-state index in [2.05, 4.69) is 0 Å². The smallest absolute Gasteiger partial charge is 0.306 e. The Hall–Kier alpha value is -0.580. The van der Waals surface area contributed by atoms with Crippen molar-refractivity contribution in [3.63, 3.8) is 0 Å². The Morgan fingerprint density at radius 2 is 2.00 bits per heavy atom. The molecule has 1 aliphatic heterocycles. The highest BCUT2D eigenvalue weighted by Gasteiger charge is 2.30. The van der Waals surface area contributed by atoms with Crippen molar-refractivity contribution in [2.45, 2.75) is 39.2 Å². The lowest BCUT2D eigenvalue weighted by Gasteiger charge is -2.20. The van der Waals surface area contributed by atoms with Crippen molar-refractivity contribution in [3.05, 3.63) is 0 Å². The van der Waals surface area contributed by atoms with Gasteiger partial charge in [0.05, 0.1) is 11.5 Å². The van der Waals surface area contributed by atoms with Crippen molar-refractivity contribution >= 4 is 15.8 Å². The van der Waals surface area contributed by atoms with Gasteiger partial charge in [-0.15, -0.1) is 0 Å². The molecule has 1 saturated heterocycles. The highest BCUT2D eigenvalue weighted by Crippen LogP contribution is 2.22. The van der Waals surface area contributed by atoms with Gasteiger partial charge in [-0.2, -0.15) is 0 Å². The van der Waals surface area contributed by atoms with Crippen molar-refractivity contribution in [2.75, 3.05) is 11.5 Å². The predicted octanol–water partition coefficient (Wildman–Crippen LogP) is 1.15. The van der Waals surface area contributed by atoms with Gasteiger partial charge in [0.1, 0.15) is 5.60 Å². The fraction of sp³-hybridized carbons (Fsp3) is 0.900. The van der Waals surface area contributed by atoms with Crippen LogP contribution in [0.15, 0.2) is 0 Å². The lowest BCUT2D eigenvalue weighted by Crippen LogP contribution is -2.25. The molecular weight excluding hydrogens is 216 g/mol. The zero-order valence-corrected chi connectivity index (χ0v) is 10.3. The molecule has 1 rings (SSSR count). The van der Waals surface area contributed by atoms with Gasteiger partial charge in [-0.3, -0.25) is 4.79 Å². The number of esters is 1. The summed E-state index contributed by atoms with van der Waals surface area (Å²) in [6.07, 6.45) is 0.804. The summed E-state index contributed by atoms with van der Waals surface area (Å²) < 4.78 is 27.4. The average Bonchev–Trinajstić information content (AvgIpc) is 2.25. The number of carbonyl (C=O) groups excluding carboxylic acids is 1. The maximum absolute atomic E-state index is 11.4. The maximum Gasteiger partial charge on any atom is 0.306 e. The first-order valence-electron chi connectivity index (χ1n) is 5.10. The molecule has 0 radical (unpaired) electrons. The molecule has 0 aromatic heterocycles. The Balaban J connectivity index is 2.41. The number of carbonyl (C=O) groups is 1. The minimum atomic E-state index is -2.89. The first-order valence-corrected chi connectivity index (χ1v) is 6.92. The first kappa shape index (κ1) is 12.5. The van der Waals surface area contributed by atoms with Crippen LogP contribution in [0.25, 0.3) is 0 Å². The number of ether oxygens (including phenoxy) is 1. The monoisotopic (exact) mass is 234 g/mol. The minimum Gasteiger partial charge on any atom is -0.460 e. The fourth-order valence-electron chi connectivity index (χ4n) is 1.65. The van der Waals surface area contributed by atoms with Gasteiger partial charge in [-0.05, 0) is 33.1 Å². The summed E-state index contributed by atoms with van der Waals surface area (Å²) in [7, 11) is -2.89. The first-order chi connectivity index (χ1) is 6.68. The molecule has 5 heteroatoms. The normalized spacial score (nSPS) is 25.1. The summed E-state index contributed by atoms with van der Waals surface area (Å²) in [5.74, 6) is -0.0124. The van der Waals surface area contributed by atoms with Gasteiger partial charge in [0.2, 0.25) is 0 Å². The largest absolute Gasteiger partial charge is 0.460 e. The van der Waals surface area contributed by atoms with E-state index in [1.54, 1.807) is 20.8 Å². The Kier molecular flexibility index (Phi) is 3.43. The fourth-order valence-corrected chi connectivity index (χ4v) is 3.51. The Labute approximate surface area is 90.9 Å². The van der Waals surface area contributed by atoms with E-state index in [9.17, 15) is 13.2 Å². The van der Waals surface area contributed by atoms with Crippen LogP contribution >= 0.6 is 0 Å². The van der Waals surface area contributed by atoms with Gasteiger partial charge in [0, 0.05) is 6.42 Å². The summed E-state index contributed by atoms with van der Waals surface area (Å²) >= 11 is 0. The van der Waals surface area contributed by atoms with Crippen molar-refractivity contribution in [2.24, 2.45) is 5.92 Å². The topological polar surface area (TPSA) is 60.4 Å². The van der Waals surface area contributed by atoms with Crippen LogP contribution in [0.1, 0.15) is 33.6 Å². The van der Waals surface area contributed by atoms with Crippen molar-refractivity contribution in [1.82, 2.24) is 0 Å². The van der Waals surface area contributed by atoms with Gasteiger partial charge >= 0.3 is 5.97 Å². The van der Waals surface area contributed by atoms with Gasteiger partial charge in [0.25, 0.3) is 0 Å². The summed E-state index contributed by atoms with van der Waals surface area (Å²) in [4.78, 5) is 11.4. The second-order valence-corrected chi connectivity index (χ2v) is 7.29. The molecule has 0 N–H and O–H groups in total. The standard InChI is InChI=1S/C10H18O4S/c1-10(2,3)14-9(11)6-8-4-5-15(12,13)7-8/h8H,4-7H2,1-3H3. The number of hydrogen-bond acceptors (Lipinski definition) is 4. The molecular formula is C10H18O4S. The zero-order chi connectivity index (χ0) is 11.7. The Morgan fingerprint density at radius 3 is 2.40 bits per heavy atom. The quantitative estimate of drug-likeness (QED) is 0.672. The highest BCUT2D eigenvalue weighted by atomic mass is 32.2. The van der Waals surface area contributed by atoms with E-state index < -0.39 is 15.4 Å². The van der Waals surface area contributed by atoms with Crippen LogP contribution in [0.4, 0.5) is 0 Å². The van der Waals surface area contributed by atoms with Gasteiger partial charge in [0.15, 0.2) is 9.84 Å². The Bertz CT molecular complexity index is 337. The van der Waals surface area contributed by atoms with E-state index in [0.29, 0.717) is 6.42 Å². The van der Waals surface area contributed by atoms with E-state index in [1.165, 1.54) is 0 Å². The van der Waals surface area contributed by atoms with Gasteiger partial charge < -0.3 is 4.74 Å². The second kappa shape index (κ2) is 4.12. The van der Waals surface area contributed by atoms with Crippen LogP contribution in [-0.2, 0) is 19.4 Å². The molecule has 15 heavy (non-hydrogen) atoms. The minimum absolute atomic E-state index is 0.0511. The third-order valence-electron chi connectivity index (χ3n) is 2.20. The molecule has 0 aromatic carbocycles. The molecule has 4 nitrogen and oxygen atoms in total. The third-order valence-corrected chi connectivity index (χ3v) is 4.04. The van der Waals surface area contributed by atoms with Crippen LogP contribution < -0.4 is 0 Å². The van der Waals surface area contributed by atoms with E-state index in [0.717, 1.165) is 0 Å². The van der Waals surface area contributed by atoms with Crippen LogP contribution in [0.5, 0.6) is 0 Å². The summed E-state index contributed by atoms with van der Waals surface area (Å²) in [6, 6.07) is 0. The highest BCUT2D eigenvalue weighted by molar-refractivity contribution is 7.91. The second-order valence-electron chi connectivity index (χ2n) is 5.06. The van der Waals surface area contributed by atoms with Crippen LogP contribution in [0.2, 0.25) is 0 Å². The molecule has 1 fully saturated rings. The lowest BCUT2D eigenvalue weighted by molar-refractivity contribution is -0.155. The summed E-state index contributed by atoms with van der Waals surface area (Å²) in [5, 5.41) is 0. The lowest BCUT2D eigenvalue weighted by atomic mass is 10.1. The molecule has 0 spiro atoms. The molecule has 0 amide bonds. The molecule has 0 saturated carbocycles. The molecule has 1 aliphatic rings. The SMILES string of the molecule is CC(C)(C)OC(=O)CC1CCS(=O)(=O)C1. The molecule has 0 aromatic rings. The average molecular weight is 234 g/mol. The number of rotatable bonds is 2. The van der Waals surface area contributed by atoms with Crippen LogP contribution in [-0.4, -0.2) is 31.5 Å². The number of sulfone groups is 1. The zero-order valence-electron chi connectivity index (χ0n) is 9.45. The van der Waals surface area contributed by atoms with Crippen LogP contribution in [0.3, 0.4) is 0 Å². The van der Waals surface area contributed by atoms with Crippen molar-refractivity contribution in [1.29, 1.82) is 0 Å². The van der Waals surface area contributed by atoms with Crippen molar-refractivity contribution < 1.29 is 17.9 Å². The molecule has 0 bridgehead atoms. The molecule has 1 atom stereocenters. The molecule has 88 valence electrons. The number of hydrogen-bond donors (Lipinski definition) is 0. The van der Waals surface area contributed by atoms with Crippen molar-refractivity contribution in [3.8, 4) is 0 Å². The molecule has 1 heterocycles. The summed E-state index contributed by atoms with van der Waals surface area (Å²) in [6.45, 7) is 5.41. The van der Waals surface area contributed by atoms with Gasteiger partial charge in [-0.1, -0.05) is 0 Å². The third kappa shape index (κ3) is 4.64. The van der Waals surface area contributed by atoms with E-state index in [-0.39, 0.29) is 29.8 Å². The molecule has 0 aliphatic carbocycles. The molecule has 1 unspecified atom stereocenters. The predicted molar refractivity (Wildman–Crippen MR) is 57.2 cm³/mol. The summed E-state index contributed by atoms with van der Waals surface area (Å²) in [5.41, 5.74) is -0.492.